The Morgan fingerprint density at radius 2 is 1.76 bits per heavy atom. The summed E-state index contributed by atoms with van der Waals surface area (Å²) < 4.78 is 17.1. The number of halogens is 1. The minimum absolute atomic E-state index is 0.123. The summed E-state index contributed by atoms with van der Waals surface area (Å²) in [6.07, 6.45) is 0.830. The predicted molar refractivity (Wildman–Crippen MR) is 114 cm³/mol. The predicted octanol–water partition coefficient (Wildman–Crippen LogP) is 4.43. The van der Waals surface area contributed by atoms with Crippen molar-refractivity contribution in [3.8, 4) is 11.5 Å². The van der Waals surface area contributed by atoms with E-state index in [0.29, 0.717) is 28.3 Å². The molecule has 2 rings (SSSR count). The van der Waals surface area contributed by atoms with Crippen LogP contribution in [0.3, 0.4) is 0 Å². The molecule has 9 heteroatoms. The van der Waals surface area contributed by atoms with Crippen molar-refractivity contribution in [1.82, 2.24) is 0 Å². The van der Waals surface area contributed by atoms with Crippen LogP contribution in [0.15, 0.2) is 36.4 Å². The Bertz CT molecular complexity index is 896. The highest BCUT2D eigenvalue weighted by atomic mass is 127. The first-order valence-electron chi connectivity index (χ1n) is 8.91. The van der Waals surface area contributed by atoms with E-state index >= 15 is 0 Å². The van der Waals surface area contributed by atoms with Gasteiger partial charge < -0.3 is 14.2 Å². The molecule has 0 saturated heterocycles. The average Bonchev–Trinajstić information content (AvgIpc) is 2.71. The molecule has 154 valence electrons. The van der Waals surface area contributed by atoms with Crippen molar-refractivity contribution in [2.75, 3.05) is 19.8 Å². The highest BCUT2D eigenvalue weighted by Crippen LogP contribution is 2.34. The van der Waals surface area contributed by atoms with E-state index in [2.05, 4.69) is 0 Å². The van der Waals surface area contributed by atoms with Gasteiger partial charge in [-0.05, 0) is 60.2 Å². The van der Waals surface area contributed by atoms with Crippen LogP contribution in [0.4, 0.5) is 5.69 Å². The number of hydrogen-bond acceptors (Lipinski definition) is 7. The van der Waals surface area contributed by atoms with E-state index in [0.717, 1.165) is 6.42 Å². The molecule has 0 bridgehead atoms. The molecule has 0 unspecified atom stereocenters. The van der Waals surface area contributed by atoms with Crippen LogP contribution in [0.5, 0.6) is 11.5 Å². The molecule has 0 aliphatic rings. The quantitative estimate of drug-likeness (QED) is 0.152. The van der Waals surface area contributed by atoms with Gasteiger partial charge in [0.05, 0.1) is 27.3 Å². The maximum atomic E-state index is 12.4. The van der Waals surface area contributed by atoms with Crippen LogP contribution in [-0.2, 0) is 4.74 Å². The summed E-state index contributed by atoms with van der Waals surface area (Å²) in [5.74, 6) is -0.147. The van der Waals surface area contributed by atoms with E-state index in [9.17, 15) is 19.7 Å². The molecular weight excluding hydrogens is 493 g/mol. The van der Waals surface area contributed by atoms with Crippen molar-refractivity contribution in [1.29, 1.82) is 0 Å². The van der Waals surface area contributed by atoms with Gasteiger partial charge in [0.2, 0.25) is 0 Å². The average molecular weight is 513 g/mol. The third kappa shape index (κ3) is 6.14. The SMILES string of the molecule is CCCOc1c(I)cc(C(=O)OCC(=O)c2ccc([N+](=O)[O-])cc2)cc1OCC. The lowest BCUT2D eigenvalue weighted by Gasteiger charge is -2.15. The van der Waals surface area contributed by atoms with Crippen molar-refractivity contribution < 1.29 is 28.7 Å². The number of nitro benzene ring substituents is 1. The molecule has 0 heterocycles. The molecule has 0 aliphatic heterocycles. The highest BCUT2D eigenvalue weighted by Gasteiger charge is 2.18. The molecule has 0 spiro atoms. The van der Waals surface area contributed by atoms with E-state index in [4.69, 9.17) is 14.2 Å². The fourth-order valence-electron chi connectivity index (χ4n) is 2.36. The molecule has 0 fully saturated rings. The van der Waals surface area contributed by atoms with E-state index in [1.54, 1.807) is 6.07 Å². The molecule has 0 radical (unpaired) electrons. The number of hydrogen-bond donors (Lipinski definition) is 0. The fourth-order valence-corrected chi connectivity index (χ4v) is 3.12. The van der Waals surface area contributed by atoms with Crippen molar-refractivity contribution >= 4 is 40.0 Å². The number of rotatable bonds is 10. The van der Waals surface area contributed by atoms with Gasteiger partial charge in [-0.15, -0.1) is 0 Å². The van der Waals surface area contributed by atoms with Gasteiger partial charge in [0.25, 0.3) is 5.69 Å². The summed E-state index contributed by atoms with van der Waals surface area (Å²) in [5.41, 5.74) is 0.330. The van der Waals surface area contributed by atoms with Gasteiger partial charge in [0.1, 0.15) is 0 Å². The standard InChI is InChI=1S/C20H20INO7/c1-3-9-28-19-16(21)10-14(11-18(19)27-4-2)20(24)29-12-17(23)13-5-7-15(8-6-13)22(25)26/h5-8,10-11H,3-4,9,12H2,1-2H3. The van der Waals surface area contributed by atoms with Crippen LogP contribution in [-0.4, -0.2) is 36.5 Å². The van der Waals surface area contributed by atoms with Crippen molar-refractivity contribution in [3.63, 3.8) is 0 Å². The van der Waals surface area contributed by atoms with Gasteiger partial charge >= 0.3 is 5.97 Å². The molecular formula is C20H20INO7. The molecule has 0 aromatic heterocycles. The highest BCUT2D eigenvalue weighted by molar-refractivity contribution is 14.1. The van der Waals surface area contributed by atoms with Crippen LogP contribution < -0.4 is 9.47 Å². The lowest BCUT2D eigenvalue weighted by atomic mass is 10.1. The molecule has 8 nitrogen and oxygen atoms in total. The Morgan fingerprint density at radius 3 is 2.34 bits per heavy atom. The number of ether oxygens (including phenoxy) is 3. The maximum Gasteiger partial charge on any atom is 0.338 e. The third-order valence-corrected chi connectivity index (χ3v) is 4.53. The molecule has 2 aromatic rings. The minimum Gasteiger partial charge on any atom is -0.490 e. The summed E-state index contributed by atoms with van der Waals surface area (Å²) in [6, 6.07) is 8.22. The zero-order valence-electron chi connectivity index (χ0n) is 16.0. The van der Waals surface area contributed by atoms with Gasteiger partial charge in [-0.3, -0.25) is 14.9 Å². The number of benzene rings is 2. The summed E-state index contributed by atoms with van der Waals surface area (Å²) in [6.45, 7) is 4.25. The summed E-state index contributed by atoms with van der Waals surface area (Å²) >= 11 is 2.05. The van der Waals surface area contributed by atoms with Gasteiger partial charge in [-0.2, -0.15) is 0 Å². The third-order valence-electron chi connectivity index (χ3n) is 3.73. The molecule has 0 N–H and O–H groups in total. The first-order chi connectivity index (χ1) is 13.9. The normalized spacial score (nSPS) is 10.3. The van der Waals surface area contributed by atoms with E-state index in [-0.39, 0.29) is 16.8 Å². The molecule has 29 heavy (non-hydrogen) atoms. The first kappa shape index (κ1) is 22.6. The monoisotopic (exact) mass is 513 g/mol. The first-order valence-corrected chi connectivity index (χ1v) is 9.99. The maximum absolute atomic E-state index is 12.4. The Labute approximate surface area is 181 Å². The zero-order valence-corrected chi connectivity index (χ0v) is 18.1. The number of carbonyl (C=O) groups excluding carboxylic acids is 2. The Kier molecular flexibility index (Phi) is 8.37. The summed E-state index contributed by atoms with van der Waals surface area (Å²) in [5, 5.41) is 10.7. The molecule has 0 saturated carbocycles. The summed E-state index contributed by atoms with van der Waals surface area (Å²) in [4.78, 5) is 34.7. The van der Waals surface area contributed by atoms with Gasteiger partial charge in [-0.1, -0.05) is 6.92 Å². The number of nitro groups is 1. The molecule has 2 aromatic carbocycles. The van der Waals surface area contributed by atoms with E-state index in [1.807, 2.05) is 36.4 Å². The number of esters is 1. The molecule has 0 amide bonds. The van der Waals surface area contributed by atoms with Crippen LogP contribution in [0, 0.1) is 13.7 Å². The van der Waals surface area contributed by atoms with Crippen molar-refractivity contribution in [3.05, 3.63) is 61.2 Å². The fraction of sp³-hybridized carbons (Fsp3) is 0.300. The topological polar surface area (TPSA) is 105 Å². The summed E-state index contributed by atoms with van der Waals surface area (Å²) in [7, 11) is 0. The van der Waals surface area contributed by atoms with Gasteiger partial charge in [-0.25, -0.2) is 4.79 Å². The lowest BCUT2D eigenvalue weighted by Crippen LogP contribution is -2.15. The number of non-ortho nitro benzene ring substituents is 1. The van der Waals surface area contributed by atoms with Crippen LogP contribution >= 0.6 is 22.6 Å². The largest absolute Gasteiger partial charge is 0.490 e. The van der Waals surface area contributed by atoms with Crippen molar-refractivity contribution in [2.45, 2.75) is 20.3 Å². The van der Waals surface area contributed by atoms with Gasteiger partial charge in [0.15, 0.2) is 23.9 Å². The van der Waals surface area contributed by atoms with E-state index < -0.39 is 23.3 Å². The second-order valence-corrected chi connectivity index (χ2v) is 7.03. The van der Waals surface area contributed by atoms with Crippen LogP contribution in [0.2, 0.25) is 0 Å². The van der Waals surface area contributed by atoms with Gasteiger partial charge in [0, 0.05) is 17.7 Å². The number of nitrogens with zero attached hydrogens (tertiary/aromatic N) is 1. The second-order valence-electron chi connectivity index (χ2n) is 5.87. The number of ketones is 1. The van der Waals surface area contributed by atoms with Crippen molar-refractivity contribution in [2.24, 2.45) is 0 Å². The molecule has 0 atom stereocenters. The smallest absolute Gasteiger partial charge is 0.338 e. The Balaban J connectivity index is 2.09. The Hall–Kier alpha value is -2.69. The van der Waals surface area contributed by atoms with Crippen LogP contribution in [0.1, 0.15) is 41.0 Å². The second kappa shape index (κ2) is 10.7. The molecule has 0 aliphatic carbocycles. The number of carbonyl (C=O) groups is 2. The minimum atomic E-state index is -0.679. The van der Waals surface area contributed by atoms with Crippen LogP contribution in [0.25, 0.3) is 0 Å². The Morgan fingerprint density at radius 1 is 1.07 bits per heavy atom. The number of Topliss-reactive ketones (excluding diaryl/α,β-unsaturated/α-hetero) is 1. The zero-order chi connectivity index (χ0) is 21.4. The van der Waals surface area contributed by atoms with E-state index in [1.165, 1.54) is 30.3 Å². The lowest BCUT2D eigenvalue weighted by molar-refractivity contribution is -0.384.